The van der Waals surface area contributed by atoms with Crippen LogP contribution in [0.1, 0.15) is 30.0 Å². The highest BCUT2D eigenvalue weighted by Gasteiger charge is 2.47. The maximum absolute atomic E-state index is 14.0. The van der Waals surface area contributed by atoms with E-state index in [9.17, 15) is 19.1 Å². The van der Waals surface area contributed by atoms with Crippen LogP contribution < -0.4 is 9.47 Å². The third-order valence-electron chi connectivity index (χ3n) is 6.25. The van der Waals surface area contributed by atoms with Gasteiger partial charge in [0.15, 0.2) is 0 Å². The molecule has 0 saturated carbocycles. The highest BCUT2D eigenvalue weighted by atomic mass is 19.1. The molecule has 1 amide bonds. The van der Waals surface area contributed by atoms with Crippen molar-refractivity contribution in [1.82, 2.24) is 9.80 Å². The van der Waals surface area contributed by atoms with Crippen molar-refractivity contribution >= 4 is 17.4 Å². The van der Waals surface area contributed by atoms with Gasteiger partial charge in [-0.1, -0.05) is 18.2 Å². The number of carbonyl (C=O) groups is 2. The Labute approximate surface area is 192 Å². The van der Waals surface area contributed by atoms with Crippen LogP contribution in [0.2, 0.25) is 0 Å². The molecule has 7 nitrogen and oxygen atoms in total. The molecule has 2 saturated heterocycles. The molecule has 8 heteroatoms. The molecule has 1 unspecified atom stereocenters. The van der Waals surface area contributed by atoms with Crippen molar-refractivity contribution < 1.29 is 28.6 Å². The van der Waals surface area contributed by atoms with Gasteiger partial charge in [0.1, 0.15) is 23.1 Å². The molecule has 0 spiro atoms. The first-order chi connectivity index (χ1) is 16.0. The van der Waals surface area contributed by atoms with Crippen molar-refractivity contribution in [2.24, 2.45) is 0 Å². The van der Waals surface area contributed by atoms with Crippen LogP contribution in [0.4, 0.5) is 4.39 Å². The van der Waals surface area contributed by atoms with Crippen molar-refractivity contribution in [1.29, 1.82) is 0 Å². The van der Waals surface area contributed by atoms with Gasteiger partial charge >= 0.3 is 0 Å². The van der Waals surface area contributed by atoms with Gasteiger partial charge in [-0.05, 0) is 50.2 Å². The molecule has 1 N–H and O–H groups in total. The number of methoxy groups -OCH3 is 2. The molecule has 4 rings (SSSR count). The van der Waals surface area contributed by atoms with Crippen LogP contribution in [-0.4, -0.2) is 67.0 Å². The summed E-state index contributed by atoms with van der Waals surface area (Å²) in [6, 6.07) is 9.83. The fourth-order valence-electron chi connectivity index (χ4n) is 4.59. The molecule has 33 heavy (non-hydrogen) atoms. The number of para-hydroxylation sites is 1. The molecular weight excluding hydrogens is 427 g/mol. The number of benzene rings is 2. The molecule has 2 aliphatic rings. The third kappa shape index (κ3) is 4.30. The van der Waals surface area contributed by atoms with Gasteiger partial charge in [0, 0.05) is 18.7 Å². The van der Waals surface area contributed by atoms with E-state index in [1.54, 1.807) is 24.3 Å². The largest absolute Gasteiger partial charge is 0.507 e. The SMILES string of the molecule is COc1ccc(F)cc1/C(O)=C1\C(=O)C(=O)N(CCN2CCCC2)C1c1ccccc1OC. The van der Waals surface area contributed by atoms with Gasteiger partial charge < -0.3 is 24.4 Å². The minimum Gasteiger partial charge on any atom is -0.507 e. The quantitative estimate of drug-likeness (QED) is 0.393. The summed E-state index contributed by atoms with van der Waals surface area (Å²) >= 11 is 0. The van der Waals surface area contributed by atoms with Gasteiger partial charge in [-0.3, -0.25) is 9.59 Å². The van der Waals surface area contributed by atoms with Crippen molar-refractivity contribution in [3.8, 4) is 11.5 Å². The summed E-state index contributed by atoms with van der Waals surface area (Å²) in [5.41, 5.74) is 0.460. The third-order valence-corrected chi connectivity index (χ3v) is 6.25. The second-order valence-corrected chi connectivity index (χ2v) is 8.13. The molecular formula is C25H27FN2O5. The Morgan fingerprint density at radius 2 is 1.73 bits per heavy atom. The minimum atomic E-state index is -0.878. The number of hydrogen-bond donors (Lipinski definition) is 1. The lowest BCUT2D eigenvalue weighted by molar-refractivity contribution is -0.140. The topological polar surface area (TPSA) is 79.3 Å². The van der Waals surface area contributed by atoms with Crippen molar-refractivity contribution in [3.63, 3.8) is 0 Å². The Kier molecular flexibility index (Phi) is 6.65. The Bertz CT molecular complexity index is 1090. The average molecular weight is 454 g/mol. The van der Waals surface area contributed by atoms with Crippen LogP contribution in [0, 0.1) is 5.82 Å². The number of likely N-dealkylation sites (tertiary alicyclic amines) is 2. The van der Waals surface area contributed by atoms with Gasteiger partial charge in [-0.15, -0.1) is 0 Å². The van der Waals surface area contributed by atoms with E-state index in [4.69, 9.17) is 9.47 Å². The highest BCUT2D eigenvalue weighted by molar-refractivity contribution is 6.46. The highest BCUT2D eigenvalue weighted by Crippen LogP contribution is 2.43. The first-order valence-corrected chi connectivity index (χ1v) is 10.9. The molecule has 2 aromatic carbocycles. The molecule has 2 aliphatic heterocycles. The predicted molar refractivity (Wildman–Crippen MR) is 121 cm³/mol. The van der Waals surface area contributed by atoms with E-state index in [1.165, 1.54) is 31.3 Å². The first kappa shape index (κ1) is 22.8. The minimum absolute atomic E-state index is 0.00920. The summed E-state index contributed by atoms with van der Waals surface area (Å²) in [4.78, 5) is 30.0. The van der Waals surface area contributed by atoms with E-state index < -0.39 is 29.3 Å². The lowest BCUT2D eigenvalue weighted by Crippen LogP contribution is -2.37. The smallest absolute Gasteiger partial charge is 0.295 e. The van der Waals surface area contributed by atoms with E-state index >= 15 is 0 Å². The van der Waals surface area contributed by atoms with Crippen LogP contribution in [0.25, 0.3) is 5.76 Å². The number of Topliss-reactive ketones (excluding diaryl/α,β-unsaturated/α-hetero) is 1. The lowest BCUT2D eigenvalue weighted by Gasteiger charge is -2.28. The van der Waals surface area contributed by atoms with Crippen LogP contribution in [-0.2, 0) is 9.59 Å². The number of ether oxygens (including phenoxy) is 2. The zero-order valence-corrected chi connectivity index (χ0v) is 18.7. The number of aliphatic hydroxyl groups excluding tert-OH is 1. The van der Waals surface area contributed by atoms with Crippen LogP contribution in [0.3, 0.4) is 0 Å². The summed E-state index contributed by atoms with van der Waals surface area (Å²) in [5, 5.41) is 11.2. The number of halogens is 1. The predicted octanol–water partition coefficient (Wildman–Crippen LogP) is 3.36. The summed E-state index contributed by atoms with van der Waals surface area (Å²) in [7, 11) is 2.89. The molecule has 2 heterocycles. The maximum Gasteiger partial charge on any atom is 0.295 e. The van der Waals surface area contributed by atoms with E-state index in [2.05, 4.69) is 4.90 Å². The molecule has 2 aromatic rings. The first-order valence-electron chi connectivity index (χ1n) is 10.9. The van der Waals surface area contributed by atoms with E-state index in [0.717, 1.165) is 32.0 Å². The monoisotopic (exact) mass is 454 g/mol. The summed E-state index contributed by atoms with van der Waals surface area (Å²) in [6.07, 6.45) is 2.21. The van der Waals surface area contributed by atoms with Gasteiger partial charge in [0.05, 0.1) is 31.4 Å². The summed E-state index contributed by atoms with van der Waals surface area (Å²) in [6.45, 7) is 2.82. The summed E-state index contributed by atoms with van der Waals surface area (Å²) < 4.78 is 24.8. The average Bonchev–Trinajstić information content (AvgIpc) is 3.44. The molecule has 0 bridgehead atoms. The Hall–Kier alpha value is -3.39. The van der Waals surface area contributed by atoms with Crippen LogP contribution in [0.15, 0.2) is 48.0 Å². The van der Waals surface area contributed by atoms with Crippen molar-refractivity contribution in [3.05, 3.63) is 65.0 Å². The standard InChI is InChI=1S/C25H27FN2O5/c1-32-19-8-4-3-7-17(19)22-21(23(29)18-15-16(26)9-10-20(18)33-2)24(30)25(31)28(22)14-13-27-11-5-6-12-27/h3-4,7-10,15,22,29H,5-6,11-14H2,1-2H3/b23-21+. The molecule has 2 fully saturated rings. The van der Waals surface area contributed by atoms with Crippen LogP contribution in [0.5, 0.6) is 11.5 Å². The Balaban J connectivity index is 1.85. The van der Waals surface area contributed by atoms with E-state index in [-0.39, 0.29) is 16.9 Å². The number of rotatable bonds is 7. The zero-order chi connectivity index (χ0) is 23.5. The van der Waals surface area contributed by atoms with Crippen LogP contribution >= 0.6 is 0 Å². The van der Waals surface area contributed by atoms with Gasteiger partial charge in [0.2, 0.25) is 0 Å². The van der Waals surface area contributed by atoms with Gasteiger partial charge in [-0.25, -0.2) is 4.39 Å². The fourth-order valence-corrected chi connectivity index (χ4v) is 4.59. The normalized spacial score (nSPS) is 20.5. The molecule has 174 valence electrons. The molecule has 0 radical (unpaired) electrons. The number of carbonyl (C=O) groups excluding carboxylic acids is 2. The van der Waals surface area contributed by atoms with Crippen molar-refractivity contribution in [2.75, 3.05) is 40.4 Å². The van der Waals surface area contributed by atoms with Gasteiger partial charge in [0.25, 0.3) is 11.7 Å². The van der Waals surface area contributed by atoms with E-state index in [0.29, 0.717) is 24.4 Å². The second-order valence-electron chi connectivity index (χ2n) is 8.13. The molecule has 1 atom stereocenters. The van der Waals surface area contributed by atoms with Crippen molar-refractivity contribution in [2.45, 2.75) is 18.9 Å². The number of ketones is 1. The number of hydrogen-bond acceptors (Lipinski definition) is 6. The molecule has 0 aromatic heterocycles. The number of amides is 1. The molecule has 0 aliphatic carbocycles. The second kappa shape index (κ2) is 9.62. The zero-order valence-electron chi connectivity index (χ0n) is 18.7. The summed E-state index contributed by atoms with van der Waals surface area (Å²) in [5.74, 6) is -1.94. The number of nitrogens with zero attached hydrogens (tertiary/aromatic N) is 2. The van der Waals surface area contributed by atoms with Gasteiger partial charge in [-0.2, -0.15) is 0 Å². The number of aliphatic hydroxyl groups is 1. The Morgan fingerprint density at radius 1 is 1.03 bits per heavy atom. The van der Waals surface area contributed by atoms with E-state index in [1.807, 2.05) is 0 Å². The maximum atomic E-state index is 14.0. The Morgan fingerprint density at radius 3 is 2.42 bits per heavy atom. The fraction of sp³-hybridized carbons (Fsp3) is 0.360. The lowest BCUT2D eigenvalue weighted by atomic mass is 9.94.